The summed E-state index contributed by atoms with van der Waals surface area (Å²) in [5, 5.41) is 13.2. The molecule has 3 heterocycles. The Morgan fingerprint density at radius 3 is 2.40 bits per heavy atom. The van der Waals surface area contributed by atoms with Crippen LogP contribution < -0.4 is 26.9 Å². The number of fused-ring (bicyclic) bond motifs is 1. The molecule has 11 heteroatoms. The molecule has 0 atom stereocenters. The lowest BCUT2D eigenvalue weighted by Crippen LogP contribution is -2.46. The molecule has 2 aromatic heterocycles. The molecule has 4 aromatic rings. The summed E-state index contributed by atoms with van der Waals surface area (Å²) in [6.45, 7) is 8.80. The van der Waals surface area contributed by atoms with E-state index in [0.29, 0.717) is 35.4 Å². The molecule has 0 spiro atoms. The zero-order valence-electron chi connectivity index (χ0n) is 25.8. The van der Waals surface area contributed by atoms with Gasteiger partial charge in [0.25, 0.3) is 5.56 Å². The molecule has 0 amide bonds. The summed E-state index contributed by atoms with van der Waals surface area (Å²) in [5.41, 5.74) is 4.21. The number of hydrogen-bond acceptors (Lipinski definition) is 7. The molecule has 1 aliphatic heterocycles. The Morgan fingerprint density at radius 2 is 1.71 bits per heavy atom. The molecule has 2 aromatic carbocycles. The normalized spacial score (nSPS) is 15.5. The van der Waals surface area contributed by atoms with E-state index in [9.17, 15) is 24.3 Å². The quantitative estimate of drug-likeness (QED) is 0.185. The van der Waals surface area contributed by atoms with Gasteiger partial charge in [0.05, 0.1) is 5.52 Å². The van der Waals surface area contributed by atoms with Crippen LogP contribution in [0.1, 0.15) is 65.7 Å². The molecule has 0 bridgehead atoms. The van der Waals surface area contributed by atoms with Crippen molar-refractivity contribution in [3.05, 3.63) is 95.9 Å². The Hall–Kier alpha value is -4.64. The Morgan fingerprint density at radius 1 is 0.956 bits per heavy atom. The Kier molecular flexibility index (Phi) is 8.62. The first-order valence-electron chi connectivity index (χ1n) is 15.8. The predicted molar refractivity (Wildman–Crippen MR) is 177 cm³/mol. The zero-order chi connectivity index (χ0) is 31.7. The van der Waals surface area contributed by atoms with E-state index in [2.05, 4.69) is 38.9 Å². The van der Waals surface area contributed by atoms with Gasteiger partial charge in [-0.25, -0.2) is 9.59 Å². The number of aryl methyl sites for hydroxylation is 2. The van der Waals surface area contributed by atoms with Crippen molar-refractivity contribution in [2.24, 2.45) is 0 Å². The molecule has 2 fully saturated rings. The van der Waals surface area contributed by atoms with E-state index < -0.39 is 17.1 Å². The highest BCUT2D eigenvalue weighted by Crippen LogP contribution is 2.40. The van der Waals surface area contributed by atoms with E-state index in [1.54, 1.807) is 6.07 Å². The van der Waals surface area contributed by atoms with Crippen molar-refractivity contribution in [1.29, 1.82) is 0 Å². The van der Waals surface area contributed by atoms with Crippen LogP contribution in [0.15, 0.2) is 56.8 Å². The number of H-pyrrole nitrogens is 2. The van der Waals surface area contributed by atoms with Crippen molar-refractivity contribution < 1.29 is 9.90 Å². The summed E-state index contributed by atoms with van der Waals surface area (Å²) in [7, 11) is 0. The number of rotatable bonds is 11. The number of piperazine rings is 1. The molecule has 2 aliphatic rings. The van der Waals surface area contributed by atoms with Gasteiger partial charge in [-0.15, -0.1) is 0 Å². The van der Waals surface area contributed by atoms with Crippen LogP contribution in [0.25, 0.3) is 10.9 Å². The van der Waals surface area contributed by atoms with Crippen molar-refractivity contribution in [2.75, 3.05) is 42.9 Å². The minimum atomic E-state index is -1.17. The molecule has 236 valence electrons. The van der Waals surface area contributed by atoms with Crippen LogP contribution in [-0.2, 0) is 13.0 Å². The van der Waals surface area contributed by atoms with E-state index in [0.717, 1.165) is 69.8 Å². The van der Waals surface area contributed by atoms with Crippen LogP contribution >= 0.6 is 0 Å². The summed E-state index contributed by atoms with van der Waals surface area (Å²) in [6.07, 6.45) is 4.28. The van der Waals surface area contributed by atoms with E-state index in [1.807, 2.05) is 30.3 Å². The van der Waals surface area contributed by atoms with Crippen molar-refractivity contribution in [3.8, 4) is 0 Å². The number of aromatic carboxylic acids is 1. The van der Waals surface area contributed by atoms with Crippen LogP contribution in [0.3, 0.4) is 0 Å². The van der Waals surface area contributed by atoms with Gasteiger partial charge in [-0.05, 0) is 87.0 Å². The number of aromatic amines is 2. The number of pyridine rings is 1. The molecular formula is C34H40N6O5. The van der Waals surface area contributed by atoms with E-state index in [1.165, 1.54) is 21.8 Å². The fourth-order valence-corrected chi connectivity index (χ4v) is 6.31. The number of nitrogens with one attached hydrogen (secondary N) is 3. The highest BCUT2D eigenvalue weighted by atomic mass is 16.4. The maximum absolute atomic E-state index is 13.0. The number of aromatic nitrogens is 3. The standard InChI is InChI=1S/C34H40N6O5/c1-3-22-18-24(9-6-21(22)2)35-28-20-29(41)40(34(45)37-28)13-5-4-12-38-14-16-39(17-15-38)25-10-11-26-27(19-25)36-31(23-7-8-23)30(32(26)42)33(43)44/h6,9-11,18-20,23,35H,3-5,7-8,12-17H2,1-2H3,(H,36,42)(H,37,45)(H,43,44). The van der Waals surface area contributed by atoms with Crippen molar-refractivity contribution in [3.63, 3.8) is 0 Å². The Bertz CT molecular complexity index is 1880. The maximum atomic E-state index is 13.0. The summed E-state index contributed by atoms with van der Waals surface area (Å²) >= 11 is 0. The summed E-state index contributed by atoms with van der Waals surface area (Å²) in [5.74, 6) is -0.670. The van der Waals surface area contributed by atoms with Crippen LogP contribution in [0.2, 0.25) is 0 Å². The lowest BCUT2D eigenvalue weighted by Gasteiger charge is -2.36. The average Bonchev–Trinajstić information content (AvgIpc) is 3.87. The van der Waals surface area contributed by atoms with Gasteiger partial charge >= 0.3 is 11.7 Å². The molecule has 1 saturated carbocycles. The monoisotopic (exact) mass is 612 g/mol. The van der Waals surface area contributed by atoms with Gasteiger partial charge in [0.1, 0.15) is 11.4 Å². The number of carbonyl (C=O) groups is 1. The molecule has 6 rings (SSSR count). The lowest BCUT2D eigenvalue weighted by molar-refractivity contribution is 0.0694. The topological polar surface area (TPSA) is 144 Å². The number of carboxylic acid groups (broad SMARTS) is 1. The number of unbranched alkanes of at least 4 members (excludes halogenated alkanes) is 1. The second-order valence-corrected chi connectivity index (χ2v) is 12.2. The largest absolute Gasteiger partial charge is 0.477 e. The molecule has 1 aliphatic carbocycles. The molecule has 0 radical (unpaired) electrons. The van der Waals surface area contributed by atoms with Gasteiger partial charge in [0, 0.05) is 67.2 Å². The number of hydrogen-bond donors (Lipinski definition) is 4. The number of anilines is 3. The van der Waals surface area contributed by atoms with Crippen LogP contribution in [0.4, 0.5) is 17.2 Å². The SMILES string of the molecule is CCc1cc(Nc2cc(=O)n(CCCCN3CCN(c4ccc5c(=O)c(C(=O)O)c(C6CC6)[nH]c5c4)CC3)c(=O)[nH]2)ccc1C. The fourth-order valence-electron chi connectivity index (χ4n) is 6.31. The van der Waals surface area contributed by atoms with Gasteiger partial charge in [0.15, 0.2) is 0 Å². The molecule has 45 heavy (non-hydrogen) atoms. The van der Waals surface area contributed by atoms with E-state index in [4.69, 9.17) is 0 Å². The minimum absolute atomic E-state index is 0.118. The zero-order valence-corrected chi connectivity index (χ0v) is 25.8. The van der Waals surface area contributed by atoms with Gasteiger partial charge in [0.2, 0.25) is 5.43 Å². The molecular weight excluding hydrogens is 572 g/mol. The van der Waals surface area contributed by atoms with Crippen LogP contribution in [0, 0.1) is 6.92 Å². The lowest BCUT2D eigenvalue weighted by atomic mass is 10.0. The number of carboxylic acids is 1. The third-order valence-corrected chi connectivity index (χ3v) is 9.09. The fraction of sp³-hybridized carbons (Fsp3) is 0.412. The molecule has 1 saturated heterocycles. The highest BCUT2D eigenvalue weighted by Gasteiger charge is 2.31. The smallest absolute Gasteiger partial charge is 0.341 e. The molecule has 4 N–H and O–H groups in total. The first kappa shape index (κ1) is 30.4. The van der Waals surface area contributed by atoms with Gasteiger partial charge < -0.3 is 20.3 Å². The Labute approximate surface area is 260 Å². The molecule has 11 nitrogen and oxygen atoms in total. The maximum Gasteiger partial charge on any atom is 0.341 e. The second-order valence-electron chi connectivity index (χ2n) is 12.2. The summed E-state index contributed by atoms with van der Waals surface area (Å²) in [6, 6.07) is 13.0. The molecule has 0 unspecified atom stereocenters. The van der Waals surface area contributed by atoms with E-state index in [-0.39, 0.29) is 17.0 Å². The highest BCUT2D eigenvalue weighted by molar-refractivity contribution is 5.95. The van der Waals surface area contributed by atoms with Crippen LogP contribution in [-0.4, -0.2) is 63.2 Å². The Balaban J connectivity index is 1.01. The third-order valence-electron chi connectivity index (χ3n) is 9.09. The van der Waals surface area contributed by atoms with Gasteiger partial charge in [-0.1, -0.05) is 13.0 Å². The number of benzene rings is 2. The van der Waals surface area contributed by atoms with Crippen LogP contribution in [0.5, 0.6) is 0 Å². The van der Waals surface area contributed by atoms with Gasteiger partial charge in [-0.2, -0.15) is 0 Å². The van der Waals surface area contributed by atoms with E-state index >= 15 is 0 Å². The first-order chi connectivity index (χ1) is 21.7. The van der Waals surface area contributed by atoms with Gasteiger partial charge in [-0.3, -0.25) is 24.0 Å². The first-order valence-corrected chi connectivity index (χ1v) is 15.8. The van der Waals surface area contributed by atoms with Crippen molar-refractivity contribution in [2.45, 2.75) is 58.4 Å². The van der Waals surface area contributed by atoms with Crippen molar-refractivity contribution in [1.82, 2.24) is 19.4 Å². The summed E-state index contributed by atoms with van der Waals surface area (Å²) in [4.78, 5) is 60.9. The number of nitrogens with zero attached hydrogens (tertiary/aromatic N) is 3. The average molecular weight is 613 g/mol. The second kappa shape index (κ2) is 12.8. The predicted octanol–water partition coefficient (Wildman–Crippen LogP) is 4.17. The summed E-state index contributed by atoms with van der Waals surface area (Å²) < 4.78 is 1.26. The third kappa shape index (κ3) is 6.58. The minimum Gasteiger partial charge on any atom is -0.477 e. The van der Waals surface area contributed by atoms with Crippen molar-refractivity contribution >= 4 is 34.1 Å².